The van der Waals surface area contributed by atoms with E-state index in [-0.39, 0.29) is 18.0 Å². The van der Waals surface area contributed by atoms with E-state index in [1.165, 1.54) is 13.2 Å². The highest BCUT2D eigenvalue weighted by atomic mass is 16.5. The van der Waals surface area contributed by atoms with Crippen molar-refractivity contribution in [3.05, 3.63) is 72.9 Å². The number of allylic oxidation sites excluding steroid dienone is 1. The Morgan fingerprint density at radius 2 is 1.83 bits per heavy atom. The van der Waals surface area contributed by atoms with Gasteiger partial charge in [0, 0.05) is 17.7 Å². The number of carboxylic acids is 1. The third-order valence-electron chi connectivity index (χ3n) is 2.49. The van der Waals surface area contributed by atoms with Crippen LogP contribution in [0, 0.1) is 0 Å². The van der Waals surface area contributed by atoms with Crippen molar-refractivity contribution in [2.24, 2.45) is 0 Å². The summed E-state index contributed by atoms with van der Waals surface area (Å²) in [6.07, 6.45) is 3.64. The minimum absolute atomic E-state index is 0.193. The Labute approximate surface area is 140 Å². The normalized spacial score (nSPS) is 9.38. The van der Waals surface area contributed by atoms with Crippen LogP contribution >= 0.6 is 0 Å². The molecule has 24 heavy (non-hydrogen) atoms. The molecular weight excluding hydrogens is 312 g/mol. The van der Waals surface area contributed by atoms with Crippen LogP contribution in [0.15, 0.2) is 67.3 Å². The number of esters is 2. The summed E-state index contributed by atoms with van der Waals surface area (Å²) in [4.78, 5) is 31.3. The zero-order valence-corrected chi connectivity index (χ0v) is 13.4. The molecule has 1 N–H and O–H groups in total. The number of aliphatic carboxylic acids is 1. The molecule has 1 aromatic carbocycles. The highest BCUT2D eigenvalue weighted by Gasteiger charge is 2.03. The first-order valence-corrected chi connectivity index (χ1v) is 6.89. The second kappa shape index (κ2) is 12.4. The van der Waals surface area contributed by atoms with Crippen LogP contribution in [0.2, 0.25) is 0 Å². The van der Waals surface area contributed by atoms with Gasteiger partial charge in [-0.05, 0) is 12.0 Å². The van der Waals surface area contributed by atoms with Gasteiger partial charge in [-0.2, -0.15) is 0 Å². The molecule has 0 aliphatic carbocycles. The molecule has 6 nitrogen and oxygen atoms in total. The maximum absolute atomic E-state index is 10.7. The summed E-state index contributed by atoms with van der Waals surface area (Å²) < 4.78 is 9.17. The predicted molar refractivity (Wildman–Crippen MR) is 89.0 cm³/mol. The van der Waals surface area contributed by atoms with E-state index in [0.717, 1.165) is 17.7 Å². The maximum atomic E-state index is 10.7. The van der Waals surface area contributed by atoms with Gasteiger partial charge in [0.05, 0.1) is 7.11 Å². The molecule has 0 radical (unpaired) electrons. The SMILES string of the molecule is C=C(CC=CC(=O)O)C(=O)OC.C=CC(=O)OCc1ccccc1. The number of rotatable bonds is 7. The first-order valence-electron chi connectivity index (χ1n) is 6.89. The van der Waals surface area contributed by atoms with Gasteiger partial charge >= 0.3 is 17.9 Å². The van der Waals surface area contributed by atoms with E-state index < -0.39 is 11.9 Å². The van der Waals surface area contributed by atoms with Gasteiger partial charge < -0.3 is 14.6 Å². The first kappa shape index (κ1) is 20.9. The molecule has 0 saturated carbocycles. The smallest absolute Gasteiger partial charge is 0.333 e. The summed E-state index contributed by atoms with van der Waals surface area (Å²) in [6, 6.07) is 9.51. The number of hydrogen-bond donors (Lipinski definition) is 1. The van der Waals surface area contributed by atoms with Gasteiger partial charge in [-0.3, -0.25) is 0 Å². The fourth-order valence-electron chi connectivity index (χ4n) is 1.32. The molecule has 0 saturated heterocycles. The van der Waals surface area contributed by atoms with Crippen molar-refractivity contribution in [1.82, 2.24) is 0 Å². The lowest BCUT2D eigenvalue weighted by atomic mass is 10.2. The Morgan fingerprint density at radius 3 is 2.33 bits per heavy atom. The molecule has 128 valence electrons. The molecule has 0 fully saturated rings. The van der Waals surface area contributed by atoms with Crippen molar-refractivity contribution in [3.63, 3.8) is 0 Å². The number of methoxy groups -OCH3 is 1. The Hall–Kier alpha value is -3.15. The summed E-state index contributed by atoms with van der Waals surface area (Å²) in [5.41, 5.74) is 1.21. The largest absolute Gasteiger partial charge is 0.478 e. The van der Waals surface area contributed by atoms with Crippen molar-refractivity contribution in [2.75, 3.05) is 7.11 Å². The van der Waals surface area contributed by atoms with Gasteiger partial charge in [-0.15, -0.1) is 0 Å². The van der Waals surface area contributed by atoms with Gasteiger partial charge in [0.15, 0.2) is 0 Å². The molecule has 0 aliphatic heterocycles. The molecule has 0 heterocycles. The number of ether oxygens (including phenoxy) is 2. The van der Waals surface area contributed by atoms with E-state index in [0.29, 0.717) is 6.61 Å². The third kappa shape index (κ3) is 10.6. The fraction of sp³-hybridized carbons (Fsp3) is 0.167. The van der Waals surface area contributed by atoms with Crippen LogP contribution in [-0.4, -0.2) is 30.1 Å². The predicted octanol–water partition coefficient (Wildman–Crippen LogP) is 2.66. The van der Waals surface area contributed by atoms with Crippen LogP contribution in [0.1, 0.15) is 12.0 Å². The minimum Gasteiger partial charge on any atom is -0.478 e. The molecule has 0 bridgehead atoms. The molecule has 0 atom stereocenters. The van der Waals surface area contributed by atoms with Crippen molar-refractivity contribution in [2.45, 2.75) is 13.0 Å². The molecule has 0 spiro atoms. The molecule has 0 unspecified atom stereocenters. The lowest BCUT2D eigenvalue weighted by Crippen LogP contribution is -2.02. The van der Waals surface area contributed by atoms with Crippen LogP contribution in [0.3, 0.4) is 0 Å². The fourth-order valence-corrected chi connectivity index (χ4v) is 1.32. The highest BCUT2D eigenvalue weighted by molar-refractivity contribution is 5.88. The van der Waals surface area contributed by atoms with Crippen molar-refractivity contribution in [3.8, 4) is 0 Å². The Kier molecular flexibility index (Phi) is 10.8. The Balaban J connectivity index is 0.000000441. The minimum atomic E-state index is -1.05. The van der Waals surface area contributed by atoms with E-state index >= 15 is 0 Å². The number of hydrogen-bond acceptors (Lipinski definition) is 5. The number of carbonyl (C=O) groups excluding carboxylic acids is 2. The van der Waals surface area contributed by atoms with E-state index in [1.807, 2.05) is 30.3 Å². The van der Waals surface area contributed by atoms with Crippen molar-refractivity contribution >= 4 is 17.9 Å². The molecule has 0 aliphatic rings. The summed E-state index contributed by atoms with van der Waals surface area (Å²) in [5.74, 6) is -1.96. The van der Waals surface area contributed by atoms with Gasteiger partial charge in [-0.1, -0.05) is 49.6 Å². The first-order chi connectivity index (χ1) is 11.4. The van der Waals surface area contributed by atoms with Crippen LogP contribution in [0.5, 0.6) is 0 Å². The molecular formula is C18H20O6. The Morgan fingerprint density at radius 1 is 1.21 bits per heavy atom. The second-order valence-electron chi connectivity index (χ2n) is 4.34. The summed E-state index contributed by atoms with van der Waals surface area (Å²) in [5, 5.41) is 8.19. The molecule has 1 rings (SSSR count). The summed E-state index contributed by atoms with van der Waals surface area (Å²) in [6.45, 7) is 7.01. The van der Waals surface area contributed by atoms with Gasteiger partial charge in [0.1, 0.15) is 6.61 Å². The van der Waals surface area contributed by atoms with Crippen LogP contribution in [0.4, 0.5) is 0 Å². The van der Waals surface area contributed by atoms with Crippen LogP contribution in [0.25, 0.3) is 0 Å². The maximum Gasteiger partial charge on any atom is 0.333 e. The quantitative estimate of drug-likeness (QED) is 0.610. The standard InChI is InChI=1S/C10H10O2.C8H10O4/c1-2-10(11)12-8-9-6-4-3-5-7-9;1-6(8(11)12-2)4-3-5-7(9)10/h2-7H,1,8H2;3,5H,1,4H2,2H3,(H,9,10). The average molecular weight is 332 g/mol. The van der Waals surface area contributed by atoms with E-state index in [4.69, 9.17) is 9.84 Å². The third-order valence-corrected chi connectivity index (χ3v) is 2.49. The Bertz CT molecular complexity index is 601. The van der Waals surface area contributed by atoms with E-state index in [2.05, 4.69) is 17.9 Å². The van der Waals surface area contributed by atoms with Crippen LogP contribution in [-0.2, 0) is 30.5 Å². The van der Waals surface area contributed by atoms with Gasteiger partial charge in [0.25, 0.3) is 0 Å². The van der Waals surface area contributed by atoms with Gasteiger partial charge in [-0.25, -0.2) is 14.4 Å². The zero-order chi connectivity index (χ0) is 18.4. The summed E-state index contributed by atoms with van der Waals surface area (Å²) in [7, 11) is 1.24. The average Bonchev–Trinajstić information content (AvgIpc) is 2.59. The topological polar surface area (TPSA) is 89.9 Å². The second-order valence-corrected chi connectivity index (χ2v) is 4.34. The van der Waals surface area contributed by atoms with E-state index in [9.17, 15) is 14.4 Å². The zero-order valence-electron chi connectivity index (χ0n) is 13.4. The lowest BCUT2D eigenvalue weighted by Gasteiger charge is -2.00. The van der Waals surface area contributed by atoms with Crippen LogP contribution < -0.4 is 0 Å². The monoisotopic (exact) mass is 332 g/mol. The molecule has 1 aromatic rings. The number of carboxylic acid groups (broad SMARTS) is 1. The van der Waals surface area contributed by atoms with Crippen molar-refractivity contribution in [1.29, 1.82) is 0 Å². The molecule has 6 heteroatoms. The number of carbonyl (C=O) groups is 3. The lowest BCUT2D eigenvalue weighted by molar-refractivity contribution is -0.139. The summed E-state index contributed by atoms with van der Waals surface area (Å²) >= 11 is 0. The van der Waals surface area contributed by atoms with E-state index in [1.54, 1.807) is 0 Å². The van der Waals surface area contributed by atoms with Crippen molar-refractivity contribution < 1.29 is 29.0 Å². The highest BCUT2D eigenvalue weighted by Crippen LogP contribution is 2.01. The molecule has 0 aromatic heterocycles. The molecule has 0 amide bonds. The van der Waals surface area contributed by atoms with Gasteiger partial charge in [0.2, 0.25) is 0 Å². The number of benzene rings is 1.